The lowest BCUT2D eigenvalue weighted by molar-refractivity contribution is -0.384. The Labute approximate surface area is 124 Å². The van der Waals surface area contributed by atoms with Crippen molar-refractivity contribution in [1.82, 2.24) is 4.98 Å². The molecule has 2 aromatic rings. The summed E-state index contributed by atoms with van der Waals surface area (Å²) in [5.74, 6) is 0.929. The van der Waals surface area contributed by atoms with Gasteiger partial charge in [0.2, 0.25) is 5.82 Å². The topological polar surface area (TPSA) is 77.3 Å². The smallest absolute Gasteiger partial charge is 0.312 e. The van der Waals surface area contributed by atoms with Crippen molar-refractivity contribution in [3.63, 3.8) is 0 Å². The molecule has 0 aliphatic carbocycles. The first-order chi connectivity index (χ1) is 9.51. The molecule has 0 atom stereocenters. The van der Waals surface area contributed by atoms with Crippen molar-refractivity contribution >= 4 is 33.1 Å². The van der Waals surface area contributed by atoms with E-state index < -0.39 is 4.92 Å². The summed E-state index contributed by atoms with van der Waals surface area (Å²) in [6.07, 6.45) is 1.51. The minimum absolute atomic E-state index is 0.0883. The average Bonchev–Trinajstić information content (AvgIpc) is 2.42. The van der Waals surface area contributed by atoms with Gasteiger partial charge in [-0.15, -0.1) is 0 Å². The van der Waals surface area contributed by atoms with Crippen molar-refractivity contribution in [2.45, 2.75) is 6.92 Å². The van der Waals surface area contributed by atoms with Gasteiger partial charge >= 0.3 is 5.69 Å². The zero-order chi connectivity index (χ0) is 14.7. The first-order valence-corrected chi connectivity index (χ1v) is 6.52. The highest BCUT2D eigenvalue weighted by Gasteiger charge is 2.16. The molecule has 6 nitrogen and oxygen atoms in total. The molecule has 1 aromatic carbocycles. The van der Waals surface area contributed by atoms with Gasteiger partial charge in [-0.05, 0) is 46.6 Å². The number of benzene rings is 1. The molecule has 0 amide bonds. The second-order valence-corrected chi connectivity index (χ2v) is 5.00. The zero-order valence-electron chi connectivity index (χ0n) is 10.9. The van der Waals surface area contributed by atoms with Crippen molar-refractivity contribution < 1.29 is 9.66 Å². The number of halogens is 1. The minimum Gasteiger partial charge on any atom is -0.497 e. The lowest BCUT2D eigenvalue weighted by Gasteiger charge is -2.10. The molecule has 0 spiro atoms. The van der Waals surface area contributed by atoms with Gasteiger partial charge in [0.25, 0.3) is 0 Å². The number of hydrogen-bond donors (Lipinski definition) is 1. The van der Waals surface area contributed by atoms with E-state index in [0.717, 1.165) is 17.0 Å². The monoisotopic (exact) mass is 337 g/mol. The Balaban J connectivity index is 2.37. The number of pyridine rings is 1. The second-order valence-electron chi connectivity index (χ2n) is 4.08. The van der Waals surface area contributed by atoms with Crippen molar-refractivity contribution in [3.8, 4) is 5.75 Å². The van der Waals surface area contributed by atoms with Gasteiger partial charge in [-0.3, -0.25) is 10.1 Å². The third kappa shape index (κ3) is 3.05. The van der Waals surface area contributed by atoms with Crippen LogP contribution in [0.4, 0.5) is 17.2 Å². The molecule has 0 unspecified atom stereocenters. The number of hydrogen-bond acceptors (Lipinski definition) is 5. The lowest BCUT2D eigenvalue weighted by atomic mass is 10.2. The van der Waals surface area contributed by atoms with Crippen LogP contribution in [0, 0.1) is 17.0 Å². The van der Waals surface area contributed by atoms with E-state index in [0.29, 0.717) is 4.47 Å². The Bertz CT molecular complexity index is 661. The SMILES string of the molecule is COc1ccc(Nc2ncc(Br)cc2[N+](=O)[O-])c(C)c1. The zero-order valence-corrected chi connectivity index (χ0v) is 12.5. The fourth-order valence-corrected chi connectivity index (χ4v) is 2.01. The highest BCUT2D eigenvalue weighted by atomic mass is 79.9. The van der Waals surface area contributed by atoms with Gasteiger partial charge in [0.1, 0.15) is 5.75 Å². The normalized spacial score (nSPS) is 10.2. The van der Waals surface area contributed by atoms with E-state index in [1.165, 1.54) is 12.3 Å². The molecule has 7 heteroatoms. The summed E-state index contributed by atoms with van der Waals surface area (Å²) in [7, 11) is 1.59. The van der Waals surface area contributed by atoms with Crippen LogP contribution in [-0.2, 0) is 0 Å². The summed E-state index contributed by atoms with van der Waals surface area (Å²) in [6.45, 7) is 1.88. The van der Waals surface area contributed by atoms with E-state index in [9.17, 15) is 10.1 Å². The molecular weight excluding hydrogens is 326 g/mol. The summed E-state index contributed by atoms with van der Waals surface area (Å²) in [4.78, 5) is 14.6. The van der Waals surface area contributed by atoms with E-state index in [1.807, 2.05) is 13.0 Å². The Morgan fingerprint density at radius 3 is 2.75 bits per heavy atom. The van der Waals surface area contributed by atoms with Crippen LogP contribution in [-0.4, -0.2) is 17.0 Å². The third-order valence-electron chi connectivity index (χ3n) is 2.72. The molecule has 0 saturated heterocycles. The number of nitro groups is 1. The van der Waals surface area contributed by atoms with E-state index in [2.05, 4.69) is 26.2 Å². The maximum Gasteiger partial charge on any atom is 0.312 e. The molecule has 0 saturated carbocycles. The summed E-state index contributed by atoms with van der Waals surface area (Å²) in [5, 5.41) is 14.0. The van der Waals surface area contributed by atoms with Crippen LogP contribution < -0.4 is 10.1 Å². The highest BCUT2D eigenvalue weighted by Crippen LogP contribution is 2.30. The Morgan fingerprint density at radius 2 is 2.15 bits per heavy atom. The Kier molecular flexibility index (Phi) is 4.19. The Morgan fingerprint density at radius 1 is 1.40 bits per heavy atom. The summed E-state index contributed by atoms with van der Waals surface area (Å²) in [5.41, 5.74) is 1.56. The summed E-state index contributed by atoms with van der Waals surface area (Å²) >= 11 is 3.17. The first kappa shape index (κ1) is 14.3. The Hall–Kier alpha value is -2.15. The van der Waals surface area contributed by atoms with E-state index in [-0.39, 0.29) is 11.5 Å². The minimum atomic E-state index is -0.473. The molecule has 20 heavy (non-hydrogen) atoms. The molecular formula is C13H12BrN3O3. The van der Waals surface area contributed by atoms with Gasteiger partial charge in [0.15, 0.2) is 0 Å². The molecule has 1 N–H and O–H groups in total. The standard InChI is InChI=1S/C13H12BrN3O3/c1-8-5-10(20-2)3-4-11(8)16-13-12(17(18)19)6-9(14)7-15-13/h3-7H,1-2H3,(H,15,16). The highest BCUT2D eigenvalue weighted by molar-refractivity contribution is 9.10. The number of nitrogens with one attached hydrogen (secondary N) is 1. The third-order valence-corrected chi connectivity index (χ3v) is 3.15. The van der Waals surface area contributed by atoms with E-state index in [1.54, 1.807) is 19.2 Å². The fraction of sp³-hybridized carbons (Fsp3) is 0.154. The van der Waals surface area contributed by atoms with Gasteiger partial charge in [-0.25, -0.2) is 4.98 Å². The number of methoxy groups -OCH3 is 1. The largest absolute Gasteiger partial charge is 0.497 e. The van der Waals surface area contributed by atoms with Crippen LogP contribution in [0.25, 0.3) is 0 Å². The van der Waals surface area contributed by atoms with Crippen LogP contribution in [0.3, 0.4) is 0 Å². The van der Waals surface area contributed by atoms with Crippen molar-refractivity contribution in [1.29, 1.82) is 0 Å². The van der Waals surface area contributed by atoms with Crippen molar-refractivity contribution in [2.24, 2.45) is 0 Å². The van der Waals surface area contributed by atoms with Crippen LogP contribution in [0.15, 0.2) is 34.9 Å². The molecule has 1 heterocycles. The molecule has 0 radical (unpaired) electrons. The predicted molar refractivity (Wildman–Crippen MR) is 79.6 cm³/mol. The number of nitrogens with zero attached hydrogens (tertiary/aromatic N) is 2. The molecule has 1 aromatic heterocycles. The number of anilines is 2. The van der Waals surface area contributed by atoms with Gasteiger partial charge in [-0.2, -0.15) is 0 Å². The first-order valence-electron chi connectivity index (χ1n) is 5.73. The van der Waals surface area contributed by atoms with Crippen molar-refractivity contribution in [3.05, 3.63) is 50.6 Å². The quantitative estimate of drug-likeness (QED) is 0.677. The van der Waals surface area contributed by atoms with Crippen LogP contribution in [0.1, 0.15) is 5.56 Å². The van der Waals surface area contributed by atoms with E-state index >= 15 is 0 Å². The predicted octanol–water partition coefficient (Wildman–Crippen LogP) is 3.81. The molecule has 0 bridgehead atoms. The van der Waals surface area contributed by atoms with E-state index in [4.69, 9.17) is 4.74 Å². The second kappa shape index (κ2) is 5.87. The number of ether oxygens (including phenoxy) is 1. The van der Waals surface area contributed by atoms with Crippen LogP contribution >= 0.6 is 15.9 Å². The van der Waals surface area contributed by atoms with Gasteiger partial charge < -0.3 is 10.1 Å². The molecule has 2 rings (SSSR count). The number of aromatic nitrogens is 1. The lowest BCUT2D eigenvalue weighted by Crippen LogP contribution is -2.01. The van der Waals surface area contributed by atoms with Gasteiger partial charge in [0.05, 0.1) is 12.0 Å². The average molecular weight is 338 g/mol. The summed E-state index contributed by atoms with van der Waals surface area (Å²) < 4.78 is 5.68. The molecule has 0 aliphatic rings. The van der Waals surface area contributed by atoms with Crippen LogP contribution in [0.2, 0.25) is 0 Å². The van der Waals surface area contributed by atoms with Gasteiger partial charge in [-0.1, -0.05) is 0 Å². The fourth-order valence-electron chi connectivity index (χ4n) is 1.70. The van der Waals surface area contributed by atoms with Crippen LogP contribution in [0.5, 0.6) is 5.75 Å². The van der Waals surface area contributed by atoms with Gasteiger partial charge in [0, 0.05) is 22.4 Å². The molecule has 0 aliphatic heterocycles. The molecule has 0 fully saturated rings. The maximum atomic E-state index is 11.0. The number of aryl methyl sites for hydroxylation is 1. The number of rotatable bonds is 4. The summed E-state index contributed by atoms with van der Waals surface area (Å²) in [6, 6.07) is 6.82. The maximum absolute atomic E-state index is 11.0. The molecule has 104 valence electrons. The van der Waals surface area contributed by atoms with Crippen molar-refractivity contribution in [2.75, 3.05) is 12.4 Å².